The molecular formula is C21H21NO2. The molecule has 0 radical (unpaired) electrons. The summed E-state index contributed by atoms with van der Waals surface area (Å²) in [5, 5.41) is 2.42. The number of fused-ring (bicyclic) bond motifs is 1. The van der Waals surface area contributed by atoms with Gasteiger partial charge >= 0.3 is 5.97 Å². The molecule has 0 saturated heterocycles. The highest BCUT2D eigenvalue weighted by Crippen LogP contribution is 2.19. The van der Waals surface area contributed by atoms with Crippen molar-refractivity contribution in [1.82, 2.24) is 4.98 Å². The fourth-order valence-corrected chi connectivity index (χ4v) is 2.82. The van der Waals surface area contributed by atoms with Crippen LogP contribution in [0.5, 0.6) is 0 Å². The number of aromatic nitrogens is 1. The Morgan fingerprint density at radius 3 is 2.54 bits per heavy atom. The number of hydrogen-bond acceptors (Lipinski definition) is 3. The molecule has 0 amide bonds. The first kappa shape index (κ1) is 16.2. The molecule has 122 valence electrons. The molecule has 0 aliphatic carbocycles. The lowest BCUT2D eigenvalue weighted by atomic mass is 10.0. The number of carbonyl (C=O) groups is 1. The number of pyridine rings is 1. The van der Waals surface area contributed by atoms with Gasteiger partial charge in [0.1, 0.15) is 0 Å². The Balaban J connectivity index is 1.68. The Morgan fingerprint density at radius 1 is 1.00 bits per heavy atom. The molecule has 0 fully saturated rings. The SMILES string of the molecule is CCOC(=O)CCc1ccc(Cc2nccc3ccccc23)cc1. The lowest BCUT2D eigenvalue weighted by molar-refractivity contribution is -0.143. The minimum atomic E-state index is -0.137. The quantitative estimate of drug-likeness (QED) is 0.635. The van der Waals surface area contributed by atoms with Crippen molar-refractivity contribution < 1.29 is 9.53 Å². The molecule has 0 spiro atoms. The van der Waals surface area contributed by atoms with E-state index in [1.807, 2.05) is 31.3 Å². The third kappa shape index (κ3) is 3.99. The van der Waals surface area contributed by atoms with Crippen LogP contribution in [0.1, 0.15) is 30.2 Å². The molecule has 0 unspecified atom stereocenters. The van der Waals surface area contributed by atoms with Crippen molar-refractivity contribution in [3.05, 3.63) is 77.6 Å². The predicted molar refractivity (Wildman–Crippen MR) is 95.9 cm³/mol. The molecule has 3 aromatic rings. The van der Waals surface area contributed by atoms with Gasteiger partial charge in [0.2, 0.25) is 0 Å². The Morgan fingerprint density at radius 2 is 1.75 bits per heavy atom. The molecule has 0 bridgehead atoms. The van der Waals surface area contributed by atoms with E-state index >= 15 is 0 Å². The molecule has 0 N–H and O–H groups in total. The van der Waals surface area contributed by atoms with Gasteiger partial charge in [-0.2, -0.15) is 0 Å². The van der Waals surface area contributed by atoms with E-state index in [2.05, 4.69) is 41.4 Å². The van der Waals surface area contributed by atoms with Gasteiger partial charge < -0.3 is 4.74 Å². The molecular weight excluding hydrogens is 298 g/mol. The van der Waals surface area contributed by atoms with Crippen molar-refractivity contribution in [1.29, 1.82) is 0 Å². The molecule has 0 saturated carbocycles. The van der Waals surface area contributed by atoms with E-state index in [0.717, 1.165) is 17.7 Å². The molecule has 0 aliphatic rings. The number of benzene rings is 2. The number of nitrogens with zero attached hydrogens (tertiary/aromatic N) is 1. The summed E-state index contributed by atoms with van der Waals surface area (Å²) in [5.74, 6) is -0.137. The molecule has 24 heavy (non-hydrogen) atoms. The maximum absolute atomic E-state index is 11.4. The average Bonchev–Trinajstić information content (AvgIpc) is 2.62. The van der Waals surface area contributed by atoms with E-state index in [-0.39, 0.29) is 5.97 Å². The highest BCUT2D eigenvalue weighted by molar-refractivity contribution is 5.84. The second-order valence-corrected chi connectivity index (χ2v) is 5.78. The van der Waals surface area contributed by atoms with E-state index in [9.17, 15) is 4.79 Å². The van der Waals surface area contributed by atoms with Crippen molar-refractivity contribution in [3.63, 3.8) is 0 Å². The Bertz CT molecular complexity index is 819. The van der Waals surface area contributed by atoms with Gasteiger partial charge in [0.25, 0.3) is 0 Å². The van der Waals surface area contributed by atoms with Crippen LogP contribution < -0.4 is 0 Å². The van der Waals surface area contributed by atoms with Crippen molar-refractivity contribution in [3.8, 4) is 0 Å². The van der Waals surface area contributed by atoms with E-state index in [1.54, 1.807) is 0 Å². The first-order valence-electron chi connectivity index (χ1n) is 8.32. The molecule has 1 aromatic heterocycles. The highest BCUT2D eigenvalue weighted by Gasteiger charge is 2.05. The fourth-order valence-electron chi connectivity index (χ4n) is 2.82. The minimum Gasteiger partial charge on any atom is -0.466 e. The first-order chi connectivity index (χ1) is 11.8. The monoisotopic (exact) mass is 319 g/mol. The van der Waals surface area contributed by atoms with E-state index < -0.39 is 0 Å². The van der Waals surface area contributed by atoms with E-state index in [4.69, 9.17) is 4.74 Å². The summed E-state index contributed by atoms with van der Waals surface area (Å²) in [6, 6.07) is 18.8. The zero-order chi connectivity index (χ0) is 16.8. The number of carbonyl (C=O) groups excluding carboxylic acids is 1. The van der Waals surface area contributed by atoms with Gasteiger partial charge in [-0.3, -0.25) is 9.78 Å². The number of ether oxygens (including phenoxy) is 1. The van der Waals surface area contributed by atoms with E-state index in [0.29, 0.717) is 19.4 Å². The van der Waals surface area contributed by atoms with Gasteiger partial charge in [0.15, 0.2) is 0 Å². The van der Waals surface area contributed by atoms with Crippen molar-refractivity contribution in [2.75, 3.05) is 6.61 Å². The molecule has 0 atom stereocenters. The Kier molecular flexibility index (Phi) is 5.22. The molecule has 2 aromatic carbocycles. The average molecular weight is 319 g/mol. The number of aryl methyl sites for hydroxylation is 1. The predicted octanol–water partition coefficient (Wildman–Crippen LogP) is 4.32. The zero-order valence-corrected chi connectivity index (χ0v) is 13.9. The van der Waals surface area contributed by atoms with Crippen molar-refractivity contribution >= 4 is 16.7 Å². The van der Waals surface area contributed by atoms with Crippen LogP contribution in [0.3, 0.4) is 0 Å². The maximum atomic E-state index is 11.4. The van der Waals surface area contributed by atoms with Gasteiger partial charge in [0.05, 0.1) is 12.3 Å². The minimum absolute atomic E-state index is 0.137. The lowest BCUT2D eigenvalue weighted by Gasteiger charge is -2.07. The summed E-state index contributed by atoms with van der Waals surface area (Å²) in [6.07, 6.45) is 3.81. The van der Waals surface area contributed by atoms with Gasteiger partial charge in [0, 0.05) is 24.4 Å². The van der Waals surface area contributed by atoms with Crippen LogP contribution >= 0.6 is 0 Å². The third-order valence-corrected chi connectivity index (χ3v) is 4.07. The van der Waals surface area contributed by atoms with Gasteiger partial charge in [-0.05, 0) is 35.9 Å². The standard InChI is InChI=1S/C21H21NO2/c1-2-24-21(23)12-11-16-7-9-17(10-8-16)15-20-19-6-4-3-5-18(19)13-14-22-20/h3-10,13-14H,2,11-12,15H2,1H3. The largest absolute Gasteiger partial charge is 0.466 e. The van der Waals surface area contributed by atoms with Crippen LogP contribution in [0, 0.1) is 0 Å². The van der Waals surface area contributed by atoms with Crippen LogP contribution in [0.25, 0.3) is 10.8 Å². The van der Waals surface area contributed by atoms with Crippen molar-refractivity contribution in [2.24, 2.45) is 0 Å². The van der Waals surface area contributed by atoms with E-state index in [1.165, 1.54) is 16.3 Å². The lowest BCUT2D eigenvalue weighted by Crippen LogP contribution is -2.05. The third-order valence-electron chi connectivity index (χ3n) is 4.07. The summed E-state index contributed by atoms with van der Waals surface area (Å²) in [4.78, 5) is 16.0. The van der Waals surface area contributed by atoms with Crippen LogP contribution in [0.4, 0.5) is 0 Å². The zero-order valence-electron chi connectivity index (χ0n) is 13.9. The second-order valence-electron chi connectivity index (χ2n) is 5.78. The van der Waals surface area contributed by atoms with Gasteiger partial charge in [-0.1, -0.05) is 48.5 Å². The summed E-state index contributed by atoms with van der Waals surface area (Å²) in [5.41, 5.74) is 3.46. The second kappa shape index (κ2) is 7.73. The first-order valence-corrected chi connectivity index (χ1v) is 8.32. The van der Waals surface area contributed by atoms with Crippen LogP contribution in [0.15, 0.2) is 60.8 Å². The summed E-state index contributed by atoms with van der Waals surface area (Å²) < 4.78 is 4.96. The van der Waals surface area contributed by atoms with Gasteiger partial charge in [-0.25, -0.2) is 0 Å². The highest BCUT2D eigenvalue weighted by atomic mass is 16.5. The smallest absolute Gasteiger partial charge is 0.306 e. The number of hydrogen-bond donors (Lipinski definition) is 0. The number of esters is 1. The molecule has 1 heterocycles. The summed E-state index contributed by atoms with van der Waals surface area (Å²) in [6.45, 7) is 2.27. The summed E-state index contributed by atoms with van der Waals surface area (Å²) in [7, 11) is 0. The van der Waals surface area contributed by atoms with Crippen LogP contribution in [0.2, 0.25) is 0 Å². The van der Waals surface area contributed by atoms with Gasteiger partial charge in [-0.15, -0.1) is 0 Å². The normalized spacial score (nSPS) is 10.7. The Labute approximate surface area is 142 Å². The Hall–Kier alpha value is -2.68. The molecule has 3 rings (SSSR count). The van der Waals surface area contributed by atoms with Crippen molar-refractivity contribution in [2.45, 2.75) is 26.2 Å². The summed E-state index contributed by atoms with van der Waals surface area (Å²) >= 11 is 0. The van der Waals surface area contributed by atoms with Crippen LogP contribution in [-0.2, 0) is 22.4 Å². The molecule has 3 nitrogen and oxygen atoms in total. The maximum Gasteiger partial charge on any atom is 0.306 e. The van der Waals surface area contributed by atoms with Crippen LogP contribution in [-0.4, -0.2) is 17.6 Å². The molecule has 3 heteroatoms. The molecule has 0 aliphatic heterocycles. The number of rotatable bonds is 6. The fraction of sp³-hybridized carbons (Fsp3) is 0.238. The topological polar surface area (TPSA) is 39.2 Å².